The lowest BCUT2D eigenvalue weighted by atomic mass is 10.2. The molecule has 2 heterocycles. The van der Waals surface area contributed by atoms with Crippen molar-refractivity contribution < 1.29 is 9.53 Å². The van der Waals surface area contributed by atoms with Crippen molar-refractivity contribution in [3.63, 3.8) is 0 Å². The Balaban J connectivity index is 1.57. The Morgan fingerprint density at radius 3 is 2.55 bits per heavy atom. The highest BCUT2D eigenvalue weighted by atomic mass is 32.2. The van der Waals surface area contributed by atoms with Crippen LogP contribution < -0.4 is 15.6 Å². The van der Waals surface area contributed by atoms with Crippen LogP contribution in [0.5, 0.6) is 5.75 Å². The first-order valence-corrected chi connectivity index (χ1v) is 12.4. The molecule has 1 N–H and O–H groups in total. The molecular weight excluding hydrogens is 476 g/mol. The second-order valence-corrected chi connectivity index (χ2v) is 9.83. The summed E-state index contributed by atoms with van der Waals surface area (Å²) in [4.78, 5) is 30.2. The van der Waals surface area contributed by atoms with Gasteiger partial charge in [0.25, 0.3) is 5.56 Å². The molecule has 0 saturated heterocycles. The summed E-state index contributed by atoms with van der Waals surface area (Å²) in [5, 5.41) is 3.30. The lowest BCUT2D eigenvalue weighted by molar-refractivity contribution is -0.113. The number of fused-ring (bicyclic) bond motifs is 1. The Morgan fingerprint density at radius 2 is 1.88 bits per heavy atom. The van der Waals surface area contributed by atoms with E-state index in [1.807, 2.05) is 38.1 Å². The van der Waals surface area contributed by atoms with Crippen LogP contribution in [0.3, 0.4) is 0 Å². The Labute approximate surface area is 204 Å². The zero-order chi connectivity index (χ0) is 23.5. The molecule has 0 aliphatic carbocycles. The van der Waals surface area contributed by atoms with Gasteiger partial charge in [0.15, 0.2) is 14.8 Å². The molecule has 170 valence electrons. The standard InChI is InChI=1S/C23H22N4O3S3/c1-4-30-17-11-7-15(8-12-17)24-18(28)13-32-22-25-20-19(21(29)26(22)3)33-23(31)27(20)16-9-5-14(2)6-10-16/h5-12H,4,13H2,1-3H3,(H,24,28). The number of aromatic nitrogens is 3. The third-order valence-corrected chi connectivity index (χ3v) is 7.23. The van der Waals surface area contributed by atoms with Gasteiger partial charge in [-0.15, -0.1) is 0 Å². The smallest absolute Gasteiger partial charge is 0.273 e. The molecule has 0 atom stereocenters. The monoisotopic (exact) mass is 498 g/mol. The van der Waals surface area contributed by atoms with Crippen LogP contribution in [0.4, 0.5) is 5.69 Å². The topological polar surface area (TPSA) is 78.2 Å². The van der Waals surface area contributed by atoms with Gasteiger partial charge in [0, 0.05) is 18.4 Å². The van der Waals surface area contributed by atoms with Gasteiger partial charge in [0.05, 0.1) is 12.4 Å². The first-order valence-electron chi connectivity index (χ1n) is 10.2. The van der Waals surface area contributed by atoms with Crippen molar-refractivity contribution in [3.05, 3.63) is 68.4 Å². The van der Waals surface area contributed by atoms with Gasteiger partial charge in [-0.25, -0.2) is 4.98 Å². The molecule has 0 spiro atoms. The van der Waals surface area contributed by atoms with Gasteiger partial charge < -0.3 is 10.1 Å². The average molecular weight is 499 g/mol. The quantitative estimate of drug-likeness (QED) is 0.221. The van der Waals surface area contributed by atoms with Gasteiger partial charge in [-0.1, -0.05) is 40.8 Å². The number of thioether (sulfide) groups is 1. The number of nitrogens with one attached hydrogen (secondary N) is 1. The second-order valence-electron chi connectivity index (χ2n) is 7.24. The van der Waals surface area contributed by atoms with Gasteiger partial charge in [0.1, 0.15) is 10.4 Å². The molecular formula is C23H22N4O3S3. The fraction of sp³-hybridized carbons (Fsp3) is 0.217. The van der Waals surface area contributed by atoms with Crippen LogP contribution in [0.15, 0.2) is 58.5 Å². The number of aryl methyl sites for hydroxylation is 1. The van der Waals surface area contributed by atoms with Crippen molar-refractivity contribution in [3.8, 4) is 11.4 Å². The minimum atomic E-state index is -0.195. The van der Waals surface area contributed by atoms with E-state index in [0.717, 1.165) is 17.0 Å². The molecule has 1 amide bonds. The van der Waals surface area contributed by atoms with E-state index < -0.39 is 0 Å². The first kappa shape index (κ1) is 23.2. The van der Waals surface area contributed by atoms with Crippen LogP contribution in [0.25, 0.3) is 16.0 Å². The highest BCUT2D eigenvalue weighted by molar-refractivity contribution is 7.99. The molecule has 0 radical (unpaired) electrons. The van der Waals surface area contributed by atoms with E-state index in [4.69, 9.17) is 21.9 Å². The van der Waals surface area contributed by atoms with Crippen LogP contribution in [-0.4, -0.2) is 32.4 Å². The van der Waals surface area contributed by atoms with Crippen molar-refractivity contribution in [2.45, 2.75) is 19.0 Å². The normalized spacial score (nSPS) is 11.0. The number of rotatable bonds is 7. The zero-order valence-electron chi connectivity index (χ0n) is 18.3. The maximum absolute atomic E-state index is 13.0. The van der Waals surface area contributed by atoms with E-state index >= 15 is 0 Å². The number of hydrogen-bond donors (Lipinski definition) is 1. The number of carbonyl (C=O) groups is 1. The van der Waals surface area contributed by atoms with E-state index in [2.05, 4.69) is 5.32 Å². The summed E-state index contributed by atoms with van der Waals surface area (Å²) in [5.74, 6) is 0.657. The van der Waals surface area contributed by atoms with Gasteiger partial charge in [-0.3, -0.25) is 18.7 Å². The third kappa shape index (κ3) is 5.02. The maximum Gasteiger partial charge on any atom is 0.273 e. The van der Waals surface area contributed by atoms with Gasteiger partial charge in [0.2, 0.25) is 5.91 Å². The lowest BCUT2D eigenvalue weighted by Crippen LogP contribution is -2.21. The summed E-state index contributed by atoms with van der Waals surface area (Å²) >= 11 is 7.98. The molecule has 0 aliphatic rings. The Morgan fingerprint density at radius 1 is 1.18 bits per heavy atom. The zero-order valence-corrected chi connectivity index (χ0v) is 20.8. The number of anilines is 1. The largest absolute Gasteiger partial charge is 0.494 e. The average Bonchev–Trinajstić information content (AvgIpc) is 3.13. The number of ether oxygens (including phenoxy) is 1. The van der Waals surface area contributed by atoms with Gasteiger partial charge in [-0.2, -0.15) is 0 Å². The lowest BCUT2D eigenvalue weighted by Gasteiger charge is -2.10. The van der Waals surface area contributed by atoms with Crippen LogP contribution >= 0.6 is 35.3 Å². The predicted octanol–water partition coefficient (Wildman–Crippen LogP) is 4.95. The minimum Gasteiger partial charge on any atom is -0.494 e. The fourth-order valence-corrected chi connectivity index (χ4v) is 5.30. The summed E-state index contributed by atoms with van der Waals surface area (Å²) in [6, 6.07) is 15.1. The van der Waals surface area contributed by atoms with Crippen molar-refractivity contribution in [2.24, 2.45) is 7.05 Å². The first-order chi connectivity index (χ1) is 15.9. The molecule has 4 aromatic rings. The maximum atomic E-state index is 13.0. The number of hydrogen-bond acceptors (Lipinski definition) is 7. The Kier molecular flexibility index (Phi) is 6.96. The molecule has 0 bridgehead atoms. The molecule has 2 aromatic carbocycles. The number of amides is 1. The Hall–Kier alpha value is -2.95. The summed E-state index contributed by atoms with van der Waals surface area (Å²) in [5.41, 5.74) is 2.97. The molecule has 2 aromatic heterocycles. The van der Waals surface area contributed by atoms with Gasteiger partial charge >= 0.3 is 0 Å². The summed E-state index contributed by atoms with van der Waals surface area (Å²) in [6.07, 6.45) is 0. The van der Waals surface area contributed by atoms with E-state index in [0.29, 0.717) is 31.8 Å². The number of thiazole rings is 1. The highest BCUT2D eigenvalue weighted by Crippen LogP contribution is 2.26. The Bertz CT molecular complexity index is 1420. The highest BCUT2D eigenvalue weighted by Gasteiger charge is 2.17. The van der Waals surface area contributed by atoms with Crippen LogP contribution in [0.2, 0.25) is 0 Å². The van der Waals surface area contributed by atoms with E-state index in [-0.39, 0.29) is 17.2 Å². The van der Waals surface area contributed by atoms with E-state index in [9.17, 15) is 9.59 Å². The molecule has 0 aliphatic heterocycles. The van der Waals surface area contributed by atoms with E-state index in [1.54, 1.807) is 35.9 Å². The summed E-state index contributed by atoms with van der Waals surface area (Å²) < 4.78 is 9.72. The number of carbonyl (C=O) groups excluding carboxylic acids is 1. The molecule has 7 nitrogen and oxygen atoms in total. The summed E-state index contributed by atoms with van der Waals surface area (Å²) in [7, 11) is 1.65. The second kappa shape index (κ2) is 9.90. The van der Waals surface area contributed by atoms with Crippen molar-refractivity contribution in [1.29, 1.82) is 0 Å². The van der Waals surface area contributed by atoms with Crippen molar-refractivity contribution in [1.82, 2.24) is 14.1 Å². The van der Waals surface area contributed by atoms with E-state index in [1.165, 1.54) is 27.7 Å². The SMILES string of the molecule is CCOc1ccc(NC(=O)CSc2nc3c(sc(=S)n3-c3ccc(C)cc3)c(=O)n2C)cc1. The number of benzene rings is 2. The van der Waals surface area contributed by atoms with Crippen LogP contribution in [0.1, 0.15) is 12.5 Å². The van der Waals surface area contributed by atoms with Crippen LogP contribution in [-0.2, 0) is 11.8 Å². The molecule has 33 heavy (non-hydrogen) atoms. The molecule has 0 unspecified atom stereocenters. The van der Waals surface area contributed by atoms with Crippen molar-refractivity contribution in [2.75, 3.05) is 17.7 Å². The number of nitrogens with zero attached hydrogens (tertiary/aromatic N) is 3. The van der Waals surface area contributed by atoms with Gasteiger partial charge in [-0.05, 0) is 62.5 Å². The minimum absolute atomic E-state index is 0.106. The van der Waals surface area contributed by atoms with Crippen LogP contribution in [0, 0.1) is 10.9 Å². The summed E-state index contributed by atoms with van der Waals surface area (Å²) in [6.45, 7) is 4.51. The molecule has 0 saturated carbocycles. The fourth-order valence-electron chi connectivity index (χ4n) is 3.19. The van der Waals surface area contributed by atoms with Crippen molar-refractivity contribution >= 4 is 57.3 Å². The molecule has 10 heteroatoms. The third-order valence-electron chi connectivity index (χ3n) is 4.85. The predicted molar refractivity (Wildman–Crippen MR) is 137 cm³/mol. The molecule has 4 rings (SSSR count). The molecule has 0 fully saturated rings.